The van der Waals surface area contributed by atoms with Gasteiger partial charge in [0.05, 0.1) is 12.7 Å². The highest BCUT2D eigenvalue weighted by molar-refractivity contribution is 5.91. The highest BCUT2D eigenvalue weighted by Crippen LogP contribution is 2.02. The van der Waals surface area contributed by atoms with Crippen LogP contribution in [0.4, 0.5) is 0 Å². The van der Waals surface area contributed by atoms with Crippen molar-refractivity contribution in [1.29, 1.82) is 0 Å². The Morgan fingerprint density at radius 1 is 1.61 bits per heavy atom. The molecule has 1 N–H and O–H groups in total. The topological polar surface area (TPSA) is 66.8 Å². The number of likely N-dealkylation sites (N-methyl/N-ethyl adjacent to an activating group) is 1. The minimum absolute atomic E-state index is 0.0738. The summed E-state index contributed by atoms with van der Waals surface area (Å²) in [6.45, 7) is 0.462. The number of aromatic nitrogens is 4. The molecule has 6 heteroatoms. The van der Waals surface area contributed by atoms with Crippen molar-refractivity contribution in [2.75, 3.05) is 7.05 Å². The first-order chi connectivity index (χ1) is 8.65. The molecule has 0 spiro atoms. The molecule has 0 aliphatic carbocycles. The van der Waals surface area contributed by atoms with Crippen LogP contribution < -0.4 is 0 Å². The van der Waals surface area contributed by atoms with Gasteiger partial charge in [0.1, 0.15) is 5.82 Å². The Labute approximate surface area is 105 Å². The first kappa shape index (κ1) is 12.1. The molecule has 0 saturated heterocycles. The number of aromatic amines is 1. The van der Waals surface area contributed by atoms with Crippen LogP contribution in [0.3, 0.4) is 0 Å². The van der Waals surface area contributed by atoms with Crippen LogP contribution in [0.5, 0.6) is 0 Å². The van der Waals surface area contributed by atoms with Crippen molar-refractivity contribution < 1.29 is 4.79 Å². The van der Waals surface area contributed by atoms with Crippen LogP contribution in [0.2, 0.25) is 0 Å². The molecule has 94 valence electrons. The van der Waals surface area contributed by atoms with Crippen molar-refractivity contribution in [2.45, 2.75) is 6.54 Å². The number of H-pyrrole nitrogens is 1. The van der Waals surface area contributed by atoms with Gasteiger partial charge in [0, 0.05) is 44.3 Å². The molecule has 0 bridgehead atoms. The number of amides is 1. The van der Waals surface area contributed by atoms with E-state index in [-0.39, 0.29) is 5.91 Å². The van der Waals surface area contributed by atoms with Crippen LogP contribution in [-0.2, 0) is 18.4 Å². The molecule has 0 saturated carbocycles. The molecule has 2 heterocycles. The average Bonchev–Trinajstić information content (AvgIpc) is 2.97. The first-order valence-corrected chi connectivity index (χ1v) is 5.55. The smallest absolute Gasteiger partial charge is 0.246 e. The Balaban J connectivity index is 1.93. The summed E-state index contributed by atoms with van der Waals surface area (Å²) in [5.41, 5.74) is 0.900. The SMILES string of the molecule is CN(Cc1ncc[nH]1)C(=O)C=Cc1cnn(C)c1. The van der Waals surface area contributed by atoms with E-state index in [1.165, 1.54) is 6.08 Å². The number of aryl methyl sites for hydroxylation is 1. The molecule has 0 radical (unpaired) electrons. The third kappa shape index (κ3) is 3.07. The van der Waals surface area contributed by atoms with Crippen LogP contribution in [0.1, 0.15) is 11.4 Å². The maximum atomic E-state index is 11.8. The Kier molecular flexibility index (Phi) is 3.57. The Morgan fingerprint density at radius 3 is 3.06 bits per heavy atom. The molecular formula is C12H15N5O. The van der Waals surface area contributed by atoms with Gasteiger partial charge >= 0.3 is 0 Å². The maximum Gasteiger partial charge on any atom is 0.246 e. The van der Waals surface area contributed by atoms with E-state index in [2.05, 4.69) is 15.1 Å². The predicted molar refractivity (Wildman–Crippen MR) is 67.3 cm³/mol. The molecular weight excluding hydrogens is 230 g/mol. The summed E-state index contributed by atoms with van der Waals surface area (Å²) in [7, 11) is 3.57. The minimum atomic E-state index is -0.0738. The van der Waals surface area contributed by atoms with Crippen LogP contribution >= 0.6 is 0 Å². The van der Waals surface area contributed by atoms with E-state index in [0.717, 1.165) is 11.4 Å². The second kappa shape index (κ2) is 5.31. The van der Waals surface area contributed by atoms with E-state index in [4.69, 9.17) is 0 Å². The summed E-state index contributed by atoms with van der Waals surface area (Å²) in [4.78, 5) is 20.4. The second-order valence-electron chi connectivity index (χ2n) is 4.01. The van der Waals surface area contributed by atoms with Gasteiger partial charge in [0.25, 0.3) is 0 Å². The van der Waals surface area contributed by atoms with E-state index in [1.807, 2.05) is 13.2 Å². The quantitative estimate of drug-likeness (QED) is 0.811. The third-order valence-corrected chi connectivity index (χ3v) is 2.46. The number of imidazole rings is 1. The van der Waals surface area contributed by atoms with Gasteiger partial charge in [0.2, 0.25) is 5.91 Å². The number of nitrogens with one attached hydrogen (secondary N) is 1. The molecule has 0 unspecified atom stereocenters. The molecule has 0 fully saturated rings. The molecule has 1 amide bonds. The Morgan fingerprint density at radius 2 is 2.44 bits per heavy atom. The van der Waals surface area contributed by atoms with Crippen LogP contribution in [-0.4, -0.2) is 37.6 Å². The molecule has 6 nitrogen and oxygen atoms in total. The number of hydrogen-bond donors (Lipinski definition) is 1. The van der Waals surface area contributed by atoms with Crippen molar-refractivity contribution in [3.8, 4) is 0 Å². The highest BCUT2D eigenvalue weighted by Gasteiger charge is 2.06. The Bertz CT molecular complexity index is 541. The van der Waals surface area contributed by atoms with Crippen molar-refractivity contribution >= 4 is 12.0 Å². The van der Waals surface area contributed by atoms with E-state index < -0.39 is 0 Å². The van der Waals surface area contributed by atoms with E-state index in [1.54, 1.807) is 41.3 Å². The molecule has 0 atom stereocenters. The molecule has 2 aromatic rings. The summed E-state index contributed by atoms with van der Waals surface area (Å²) in [5.74, 6) is 0.691. The molecule has 0 aliphatic heterocycles. The summed E-state index contributed by atoms with van der Waals surface area (Å²) < 4.78 is 1.69. The second-order valence-corrected chi connectivity index (χ2v) is 4.01. The van der Waals surface area contributed by atoms with Gasteiger partial charge in [0.15, 0.2) is 0 Å². The monoisotopic (exact) mass is 245 g/mol. The van der Waals surface area contributed by atoms with E-state index >= 15 is 0 Å². The number of carbonyl (C=O) groups is 1. The van der Waals surface area contributed by atoms with Gasteiger partial charge in [-0.3, -0.25) is 9.48 Å². The zero-order valence-electron chi connectivity index (χ0n) is 10.4. The average molecular weight is 245 g/mol. The van der Waals surface area contributed by atoms with Gasteiger partial charge in [-0.1, -0.05) is 0 Å². The van der Waals surface area contributed by atoms with Crippen molar-refractivity contribution in [3.05, 3.63) is 42.3 Å². The molecule has 0 aromatic carbocycles. The summed E-state index contributed by atoms with van der Waals surface area (Å²) >= 11 is 0. The number of rotatable bonds is 4. The predicted octanol–water partition coefficient (Wildman–Crippen LogP) is 0.815. The van der Waals surface area contributed by atoms with Gasteiger partial charge in [-0.05, 0) is 6.08 Å². The van der Waals surface area contributed by atoms with Crippen LogP contribution in [0.25, 0.3) is 6.08 Å². The largest absolute Gasteiger partial charge is 0.347 e. The lowest BCUT2D eigenvalue weighted by molar-refractivity contribution is -0.125. The fourth-order valence-electron chi connectivity index (χ4n) is 1.51. The lowest BCUT2D eigenvalue weighted by Gasteiger charge is -2.12. The molecule has 2 rings (SSSR count). The molecule has 2 aromatic heterocycles. The van der Waals surface area contributed by atoms with E-state index in [0.29, 0.717) is 6.54 Å². The fourth-order valence-corrected chi connectivity index (χ4v) is 1.51. The number of hydrogen-bond acceptors (Lipinski definition) is 3. The summed E-state index contributed by atoms with van der Waals surface area (Å²) in [5, 5.41) is 4.03. The van der Waals surface area contributed by atoms with Crippen LogP contribution in [0.15, 0.2) is 30.9 Å². The first-order valence-electron chi connectivity index (χ1n) is 5.55. The summed E-state index contributed by atoms with van der Waals surface area (Å²) in [6.07, 6.45) is 10.2. The van der Waals surface area contributed by atoms with Gasteiger partial charge in [-0.25, -0.2) is 4.98 Å². The van der Waals surface area contributed by atoms with Gasteiger partial charge < -0.3 is 9.88 Å². The lowest BCUT2D eigenvalue weighted by Crippen LogP contribution is -2.24. The van der Waals surface area contributed by atoms with Crippen molar-refractivity contribution in [1.82, 2.24) is 24.6 Å². The zero-order valence-corrected chi connectivity index (χ0v) is 10.4. The normalized spacial score (nSPS) is 11.0. The van der Waals surface area contributed by atoms with E-state index in [9.17, 15) is 4.79 Å². The lowest BCUT2D eigenvalue weighted by atomic mass is 10.3. The van der Waals surface area contributed by atoms with Gasteiger partial charge in [-0.15, -0.1) is 0 Å². The fraction of sp³-hybridized carbons (Fsp3) is 0.250. The van der Waals surface area contributed by atoms with Crippen LogP contribution in [0, 0.1) is 0 Å². The highest BCUT2D eigenvalue weighted by atomic mass is 16.2. The third-order valence-electron chi connectivity index (χ3n) is 2.46. The molecule has 0 aliphatic rings. The van der Waals surface area contributed by atoms with Gasteiger partial charge in [-0.2, -0.15) is 5.10 Å². The standard InChI is InChI=1S/C12H15N5O/c1-16(9-11-13-5-6-14-11)12(18)4-3-10-7-15-17(2)8-10/h3-8H,9H2,1-2H3,(H,13,14). The van der Waals surface area contributed by atoms with Crippen molar-refractivity contribution in [2.24, 2.45) is 7.05 Å². The molecule has 18 heavy (non-hydrogen) atoms. The zero-order chi connectivity index (χ0) is 13.0. The maximum absolute atomic E-state index is 11.8. The number of carbonyl (C=O) groups excluding carboxylic acids is 1. The minimum Gasteiger partial charge on any atom is -0.347 e. The summed E-state index contributed by atoms with van der Waals surface area (Å²) in [6, 6.07) is 0. The van der Waals surface area contributed by atoms with Crippen molar-refractivity contribution in [3.63, 3.8) is 0 Å². The number of nitrogens with zero attached hydrogens (tertiary/aromatic N) is 4. The Hall–Kier alpha value is -2.37.